The molecular formula is C13H17N3O3S. The Morgan fingerprint density at radius 2 is 2.05 bits per heavy atom. The lowest BCUT2D eigenvalue weighted by atomic mass is 10.2. The third kappa shape index (κ3) is 3.73. The molecule has 1 aromatic carbocycles. The Kier molecular flexibility index (Phi) is 4.66. The third-order valence-electron chi connectivity index (χ3n) is 3.13. The molecule has 6 nitrogen and oxygen atoms in total. The van der Waals surface area contributed by atoms with Crippen LogP contribution in [0.15, 0.2) is 24.3 Å². The number of nitrogens with two attached hydrogens (primary N) is 1. The first-order valence-electron chi connectivity index (χ1n) is 6.24. The van der Waals surface area contributed by atoms with Crippen molar-refractivity contribution in [2.24, 2.45) is 5.73 Å². The number of hydrogen-bond acceptors (Lipinski definition) is 5. The fourth-order valence-corrected chi connectivity index (χ4v) is 2.26. The molecule has 1 heterocycles. The molecule has 2 atom stereocenters. The van der Waals surface area contributed by atoms with Gasteiger partial charge in [-0.2, -0.15) is 0 Å². The molecule has 0 aromatic heterocycles. The lowest BCUT2D eigenvalue weighted by Crippen LogP contribution is -2.32. The van der Waals surface area contributed by atoms with E-state index in [9.17, 15) is 15.0 Å². The second-order valence-electron chi connectivity index (χ2n) is 4.82. The molecule has 2 unspecified atom stereocenters. The van der Waals surface area contributed by atoms with Crippen LogP contribution in [0.3, 0.4) is 0 Å². The van der Waals surface area contributed by atoms with E-state index in [4.69, 9.17) is 18.0 Å². The second-order valence-corrected chi connectivity index (χ2v) is 5.26. The minimum Gasteiger partial charge on any atom is -0.389 e. The van der Waals surface area contributed by atoms with E-state index < -0.39 is 12.2 Å². The van der Waals surface area contributed by atoms with Crippen molar-refractivity contribution >= 4 is 28.8 Å². The third-order valence-corrected chi connectivity index (χ3v) is 3.37. The molecule has 0 bridgehead atoms. The number of aliphatic hydroxyl groups excluding tert-OH is 2. The van der Waals surface area contributed by atoms with E-state index in [1.807, 2.05) is 0 Å². The summed E-state index contributed by atoms with van der Waals surface area (Å²) < 4.78 is 0. The number of likely N-dealkylation sites (tertiary alicyclic amines) is 1. The standard InChI is InChI=1S/C13H17N3O3S/c14-13(20)8-2-1-3-9(4-8)15-12(19)7-16-5-10(17)11(18)6-16/h1-4,10-11,17-18H,5-7H2,(H2,14,20)(H,15,19). The molecular weight excluding hydrogens is 278 g/mol. The Bertz CT molecular complexity index is 513. The highest BCUT2D eigenvalue weighted by Gasteiger charge is 2.30. The first-order valence-corrected chi connectivity index (χ1v) is 6.65. The molecule has 1 fully saturated rings. The molecule has 0 radical (unpaired) electrons. The number of thiocarbonyl (C=S) groups is 1. The van der Waals surface area contributed by atoms with Crippen LogP contribution in [0, 0.1) is 0 Å². The summed E-state index contributed by atoms with van der Waals surface area (Å²) >= 11 is 4.88. The van der Waals surface area contributed by atoms with Gasteiger partial charge in [-0.1, -0.05) is 24.4 Å². The van der Waals surface area contributed by atoms with Gasteiger partial charge in [-0.25, -0.2) is 0 Å². The number of aliphatic hydroxyl groups is 2. The van der Waals surface area contributed by atoms with Crippen molar-refractivity contribution in [1.29, 1.82) is 0 Å². The van der Waals surface area contributed by atoms with Crippen molar-refractivity contribution in [3.8, 4) is 0 Å². The number of β-amino-alcohol motifs (C(OH)–C–C–N with tert-alkyl or cyclic N) is 2. The van der Waals surface area contributed by atoms with Crippen LogP contribution < -0.4 is 11.1 Å². The van der Waals surface area contributed by atoms with Crippen molar-refractivity contribution in [1.82, 2.24) is 4.90 Å². The second kappa shape index (κ2) is 6.27. The summed E-state index contributed by atoms with van der Waals surface area (Å²) in [6.07, 6.45) is -1.58. The number of anilines is 1. The molecule has 7 heteroatoms. The Hall–Kier alpha value is -1.54. The van der Waals surface area contributed by atoms with E-state index in [2.05, 4.69) is 5.32 Å². The van der Waals surface area contributed by atoms with Gasteiger partial charge in [0.15, 0.2) is 0 Å². The molecule has 1 aliphatic heterocycles. The number of amides is 1. The van der Waals surface area contributed by atoms with Crippen molar-refractivity contribution in [3.63, 3.8) is 0 Å². The smallest absolute Gasteiger partial charge is 0.238 e. The van der Waals surface area contributed by atoms with Crippen molar-refractivity contribution in [3.05, 3.63) is 29.8 Å². The predicted molar refractivity (Wildman–Crippen MR) is 79.4 cm³/mol. The molecule has 1 saturated heterocycles. The topological polar surface area (TPSA) is 98.8 Å². The van der Waals surface area contributed by atoms with Gasteiger partial charge >= 0.3 is 0 Å². The zero-order valence-corrected chi connectivity index (χ0v) is 11.6. The van der Waals surface area contributed by atoms with Crippen LogP contribution in [0.5, 0.6) is 0 Å². The number of hydrogen-bond donors (Lipinski definition) is 4. The predicted octanol–water partition coefficient (Wildman–Crippen LogP) is -0.703. The molecule has 1 amide bonds. The molecule has 0 spiro atoms. The van der Waals surface area contributed by atoms with E-state index in [-0.39, 0.29) is 17.4 Å². The van der Waals surface area contributed by atoms with Gasteiger partial charge in [0, 0.05) is 24.3 Å². The average molecular weight is 295 g/mol. The molecule has 0 saturated carbocycles. The molecule has 0 aliphatic carbocycles. The first-order chi connectivity index (χ1) is 9.45. The average Bonchev–Trinajstić information content (AvgIpc) is 2.68. The fraction of sp³-hybridized carbons (Fsp3) is 0.385. The van der Waals surface area contributed by atoms with Crippen molar-refractivity contribution < 1.29 is 15.0 Å². The van der Waals surface area contributed by atoms with E-state index in [1.54, 1.807) is 29.2 Å². The summed E-state index contributed by atoms with van der Waals surface area (Å²) in [5.41, 5.74) is 6.83. The summed E-state index contributed by atoms with van der Waals surface area (Å²) in [6, 6.07) is 6.97. The summed E-state index contributed by atoms with van der Waals surface area (Å²) in [6.45, 7) is 0.703. The van der Waals surface area contributed by atoms with E-state index >= 15 is 0 Å². The lowest BCUT2D eigenvalue weighted by molar-refractivity contribution is -0.117. The first kappa shape index (κ1) is 14.9. The molecule has 108 valence electrons. The van der Waals surface area contributed by atoms with E-state index in [1.165, 1.54) is 0 Å². The van der Waals surface area contributed by atoms with Crippen LogP contribution in [0.2, 0.25) is 0 Å². The van der Waals surface area contributed by atoms with E-state index in [0.29, 0.717) is 24.3 Å². The number of rotatable bonds is 4. The normalized spacial score (nSPS) is 22.7. The number of nitrogens with zero attached hydrogens (tertiary/aromatic N) is 1. The van der Waals surface area contributed by atoms with Gasteiger partial charge in [0.1, 0.15) is 4.99 Å². The van der Waals surface area contributed by atoms with Gasteiger partial charge in [0.2, 0.25) is 5.91 Å². The maximum atomic E-state index is 11.9. The zero-order valence-electron chi connectivity index (χ0n) is 10.8. The number of nitrogens with one attached hydrogen (secondary N) is 1. The maximum absolute atomic E-state index is 11.9. The Labute approximate surface area is 122 Å². The molecule has 20 heavy (non-hydrogen) atoms. The SMILES string of the molecule is NC(=S)c1cccc(NC(=O)CN2CC(O)C(O)C2)c1. The zero-order chi connectivity index (χ0) is 14.7. The van der Waals surface area contributed by atoms with Gasteiger partial charge in [0.25, 0.3) is 0 Å². The maximum Gasteiger partial charge on any atom is 0.238 e. The molecule has 1 aliphatic rings. The summed E-state index contributed by atoms with van der Waals surface area (Å²) in [7, 11) is 0. The summed E-state index contributed by atoms with van der Waals surface area (Å²) in [5.74, 6) is -0.216. The van der Waals surface area contributed by atoms with Crippen LogP contribution >= 0.6 is 12.2 Å². The summed E-state index contributed by atoms with van der Waals surface area (Å²) in [4.78, 5) is 13.8. The van der Waals surface area contributed by atoms with E-state index in [0.717, 1.165) is 0 Å². The Morgan fingerprint density at radius 3 is 2.65 bits per heavy atom. The van der Waals surface area contributed by atoms with Crippen LogP contribution in [0.1, 0.15) is 5.56 Å². The molecule has 2 rings (SSSR count). The number of carbonyl (C=O) groups is 1. The summed E-state index contributed by atoms with van der Waals surface area (Å²) in [5, 5.41) is 21.6. The van der Waals surface area contributed by atoms with Crippen LogP contribution in [0.4, 0.5) is 5.69 Å². The largest absolute Gasteiger partial charge is 0.389 e. The minimum atomic E-state index is -0.791. The molecule has 1 aromatic rings. The molecule has 5 N–H and O–H groups in total. The highest BCUT2D eigenvalue weighted by molar-refractivity contribution is 7.80. The Morgan fingerprint density at radius 1 is 1.40 bits per heavy atom. The quantitative estimate of drug-likeness (QED) is 0.548. The Balaban J connectivity index is 1.92. The number of carbonyl (C=O) groups excluding carboxylic acids is 1. The van der Waals surface area contributed by atoms with Gasteiger partial charge in [-0.15, -0.1) is 0 Å². The van der Waals surface area contributed by atoms with Gasteiger partial charge < -0.3 is 21.3 Å². The van der Waals surface area contributed by atoms with Gasteiger partial charge in [0.05, 0.1) is 18.8 Å². The highest BCUT2D eigenvalue weighted by Crippen LogP contribution is 2.12. The highest BCUT2D eigenvalue weighted by atomic mass is 32.1. The van der Waals surface area contributed by atoms with Gasteiger partial charge in [-0.3, -0.25) is 9.69 Å². The lowest BCUT2D eigenvalue weighted by Gasteiger charge is -2.14. The van der Waals surface area contributed by atoms with Crippen molar-refractivity contribution in [2.75, 3.05) is 25.0 Å². The minimum absolute atomic E-state index is 0.116. The van der Waals surface area contributed by atoms with Crippen LogP contribution in [-0.2, 0) is 4.79 Å². The van der Waals surface area contributed by atoms with Crippen molar-refractivity contribution in [2.45, 2.75) is 12.2 Å². The van der Waals surface area contributed by atoms with Crippen LogP contribution in [0.25, 0.3) is 0 Å². The number of benzene rings is 1. The van der Waals surface area contributed by atoms with Gasteiger partial charge in [-0.05, 0) is 12.1 Å². The fourth-order valence-electron chi connectivity index (χ4n) is 2.13. The van der Waals surface area contributed by atoms with Crippen LogP contribution in [-0.4, -0.2) is 57.9 Å². The monoisotopic (exact) mass is 295 g/mol.